The second-order valence-electron chi connectivity index (χ2n) is 2.73. The van der Waals surface area contributed by atoms with Crippen LogP contribution in [-0.4, -0.2) is 0 Å². The fraction of sp³-hybridized carbons (Fsp3) is 0.250. The molecule has 0 spiro atoms. The van der Waals surface area contributed by atoms with Crippen LogP contribution in [0.15, 0.2) is 12.1 Å². The summed E-state index contributed by atoms with van der Waals surface area (Å²) in [5.41, 5.74) is 9.59. The lowest BCUT2D eigenvalue weighted by Gasteiger charge is -2.12. The zero-order chi connectivity index (χ0) is 10.9. The molecule has 0 saturated heterocycles. The van der Waals surface area contributed by atoms with Crippen LogP contribution in [-0.2, 0) is 12.7 Å². The van der Waals surface area contributed by atoms with Crippen LogP contribution in [0.4, 0.5) is 18.9 Å². The molecule has 0 aliphatic rings. The van der Waals surface area contributed by atoms with Gasteiger partial charge >= 0.3 is 6.18 Å². The van der Waals surface area contributed by atoms with E-state index in [9.17, 15) is 13.2 Å². The average molecular weight is 225 g/mol. The largest absolute Gasteiger partial charge is 0.418 e. The monoisotopic (exact) mass is 224 g/mol. The van der Waals surface area contributed by atoms with Crippen LogP contribution in [0.25, 0.3) is 0 Å². The third-order valence-corrected chi connectivity index (χ3v) is 2.10. The van der Waals surface area contributed by atoms with Crippen molar-refractivity contribution in [2.24, 2.45) is 5.73 Å². The van der Waals surface area contributed by atoms with E-state index in [-0.39, 0.29) is 17.3 Å². The maximum Gasteiger partial charge on any atom is 0.418 e. The highest BCUT2D eigenvalue weighted by molar-refractivity contribution is 6.31. The number of benzene rings is 1. The van der Waals surface area contributed by atoms with Crippen molar-refractivity contribution in [3.05, 3.63) is 28.3 Å². The quantitative estimate of drug-likeness (QED) is 0.720. The Bertz CT molecular complexity index is 349. The van der Waals surface area contributed by atoms with Gasteiger partial charge in [0, 0.05) is 17.3 Å². The van der Waals surface area contributed by atoms with Crippen LogP contribution < -0.4 is 11.5 Å². The number of halogens is 4. The highest BCUT2D eigenvalue weighted by Crippen LogP contribution is 2.36. The molecule has 1 aromatic carbocycles. The van der Waals surface area contributed by atoms with E-state index in [4.69, 9.17) is 23.1 Å². The number of rotatable bonds is 1. The fourth-order valence-electron chi connectivity index (χ4n) is 1.04. The molecule has 2 nitrogen and oxygen atoms in total. The van der Waals surface area contributed by atoms with Crippen molar-refractivity contribution >= 4 is 17.3 Å². The molecule has 78 valence electrons. The molecule has 1 rings (SSSR count). The molecule has 0 atom stereocenters. The van der Waals surface area contributed by atoms with Gasteiger partial charge in [0.1, 0.15) is 0 Å². The van der Waals surface area contributed by atoms with E-state index >= 15 is 0 Å². The molecular formula is C8H8ClF3N2. The second kappa shape index (κ2) is 3.67. The molecule has 1 aromatic rings. The molecule has 0 aliphatic heterocycles. The van der Waals surface area contributed by atoms with Gasteiger partial charge in [-0.2, -0.15) is 13.2 Å². The van der Waals surface area contributed by atoms with Crippen molar-refractivity contribution in [3.8, 4) is 0 Å². The summed E-state index contributed by atoms with van der Waals surface area (Å²) in [6.45, 7) is 0.0567. The van der Waals surface area contributed by atoms with Crippen LogP contribution in [0.5, 0.6) is 0 Å². The molecule has 0 aromatic heterocycles. The third kappa shape index (κ3) is 2.10. The van der Waals surface area contributed by atoms with E-state index in [1.165, 1.54) is 0 Å². The first-order valence-corrected chi connectivity index (χ1v) is 4.09. The van der Waals surface area contributed by atoms with Crippen molar-refractivity contribution in [2.75, 3.05) is 5.73 Å². The summed E-state index contributed by atoms with van der Waals surface area (Å²) < 4.78 is 36.9. The minimum atomic E-state index is -4.49. The first kappa shape index (κ1) is 11.1. The lowest BCUT2D eigenvalue weighted by molar-refractivity contribution is -0.136. The van der Waals surface area contributed by atoms with Gasteiger partial charge in [0.15, 0.2) is 0 Å². The topological polar surface area (TPSA) is 52.0 Å². The van der Waals surface area contributed by atoms with Crippen molar-refractivity contribution < 1.29 is 13.2 Å². The van der Waals surface area contributed by atoms with Crippen LogP contribution in [0.1, 0.15) is 11.1 Å². The van der Waals surface area contributed by atoms with Crippen molar-refractivity contribution in [3.63, 3.8) is 0 Å². The molecule has 0 radical (unpaired) electrons. The number of hydrogen-bond donors (Lipinski definition) is 2. The Morgan fingerprint density at radius 3 is 2.29 bits per heavy atom. The molecule has 0 saturated carbocycles. The predicted octanol–water partition coefficient (Wildman–Crippen LogP) is 2.40. The van der Waals surface area contributed by atoms with Crippen LogP contribution >= 0.6 is 11.6 Å². The first-order valence-electron chi connectivity index (χ1n) is 3.71. The summed E-state index contributed by atoms with van der Waals surface area (Å²) >= 11 is 5.57. The van der Waals surface area contributed by atoms with Gasteiger partial charge in [0.25, 0.3) is 0 Å². The van der Waals surface area contributed by atoms with Gasteiger partial charge in [-0.25, -0.2) is 0 Å². The molecule has 0 aliphatic carbocycles. The summed E-state index contributed by atoms with van der Waals surface area (Å²) in [6, 6.07) is 1.93. The van der Waals surface area contributed by atoms with Crippen molar-refractivity contribution in [1.29, 1.82) is 0 Å². The molecule has 0 amide bonds. The molecule has 6 heteroatoms. The number of hydrogen-bond acceptors (Lipinski definition) is 2. The van der Waals surface area contributed by atoms with E-state index in [1.807, 2.05) is 0 Å². The van der Waals surface area contributed by atoms with Gasteiger partial charge in [-0.3, -0.25) is 0 Å². The third-order valence-electron chi connectivity index (χ3n) is 1.74. The normalized spacial score (nSPS) is 11.8. The highest BCUT2D eigenvalue weighted by Gasteiger charge is 2.33. The minimum Gasteiger partial charge on any atom is -0.398 e. The van der Waals surface area contributed by atoms with Gasteiger partial charge in [-0.15, -0.1) is 0 Å². The predicted molar refractivity (Wildman–Crippen MR) is 48.8 cm³/mol. The van der Waals surface area contributed by atoms with E-state index in [0.717, 1.165) is 12.1 Å². The lowest BCUT2D eigenvalue weighted by atomic mass is 10.1. The van der Waals surface area contributed by atoms with Crippen molar-refractivity contribution in [2.45, 2.75) is 12.7 Å². The Labute approximate surface area is 83.6 Å². The number of anilines is 1. The first-order chi connectivity index (χ1) is 6.36. The zero-order valence-corrected chi connectivity index (χ0v) is 7.78. The van der Waals surface area contributed by atoms with Crippen LogP contribution in [0, 0.1) is 0 Å². The van der Waals surface area contributed by atoms with Crippen molar-refractivity contribution in [1.82, 2.24) is 0 Å². The minimum absolute atomic E-state index is 0.0194. The smallest absolute Gasteiger partial charge is 0.398 e. The SMILES string of the molecule is NCc1cc(N)c(C(F)(F)F)cc1Cl. The average Bonchev–Trinajstić information content (AvgIpc) is 2.06. The van der Waals surface area contributed by atoms with E-state index in [2.05, 4.69) is 0 Å². The van der Waals surface area contributed by atoms with Crippen LogP contribution in [0.3, 0.4) is 0 Å². The Morgan fingerprint density at radius 2 is 1.86 bits per heavy atom. The Kier molecular flexibility index (Phi) is 2.92. The second-order valence-corrected chi connectivity index (χ2v) is 3.14. The maximum absolute atomic E-state index is 12.3. The summed E-state index contributed by atoms with van der Waals surface area (Å²) in [5, 5.41) is -0.0194. The Morgan fingerprint density at radius 1 is 1.29 bits per heavy atom. The van der Waals surface area contributed by atoms with Gasteiger partial charge in [-0.05, 0) is 17.7 Å². The van der Waals surface area contributed by atoms with E-state index in [0.29, 0.717) is 5.56 Å². The molecule has 0 fully saturated rings. The van der Waals surface area contributed by atoms with E-state index in [1.54, 1.807) is 0 Å². The molecule has 0 bridgehead atoms. The summed E-state index contributed by atoms with van der Waals surface area (Å²) in [7, 11) is 0. The molecule has 0 heterocycles. The van der Waals surface area contributed by atoms with Crippen LogP contribution in [0.2, 0.25) is 5.02 Å². The number of nitrogen functional groups attached to an aromatic ring is 1. The number of nitrogens with two attached hydrogens (primary N) is 2. The maximum atomic E-state index is 12.3. The van der Waals surface area contributed by atoms with Gasteiger partial charge in [-0.1, -0.05) is 11.6 Å². The summed E-state index contributed by atoms with van der Waals surface area (Å²) in [4.78, 5) is 0. The Balaban J connectivity index is 3.29. The molecular weight excluding hydrogens is 217 g/mol. The summed E-state index contributed by atoms with van der Waals surface area (Å²) in [5.74, 6) is 0. The molecule has 0 unspecified atom stereocenters. The zero-order valence-electron chi connectivity index (χ0n) is 7.03. The van der Waals surface area contributed by atoms with Gasteiger partial charge < -0.3 is 11.5 Å². The summed E-state index contributed by atoms with van der Waals surface area (Å²) in [6.07, 6.45) is -4.49. The fourth-order valence-corrected chi connectivity index (χ4v) is 1.28. The number of alkyl halides is 3. The highest BCUT2D eigenvalue weighted by atomic mass is 35.5. The van der Waals surface area contributed by atoms with Gasteiger partial charge in [0.2, 0.25) is 0 Å². The molecule has 14 heavy (non-hydrogen) atoms. The van der Waals surface area contributed by atoms with Gasteiger partial charge in [0.05, 0.1) is 5.56 Å². The van der Waals surface area contributed by atoms with E-state index < -0.39 is 11.7 Å². The Hall–Kier alpha value is -0.940. The molecule has 4 N–H and O–H groups in total. The standard InChI is InChI=1S/C8H8ClF3N2/c9-6-2-5(8(10,11)12)7(14)1-4(6)3-13/h1-2H,3,13-14H2. The lowest BCUT2D eigenvalue weighted by Crippen LogP contribution is -2.10.